The van der Waals surface area contributed by atoms with Crippen molar-refractivity contribution in [3.8, 4) is 5.75 Å². The Morgan fingerprint density at radius 3 is 2.58 bits per heavy atom. The predicted molar refractivity (Wildman–Crippen MR) is 107 cm³/mol. The molecule has 1 aliphatic rings. The summed E-state index contributed by atoms with van der Waals surface area (Å²) in [7, 11) is 1.66. The minimum absolute atomic E-state index is 0. The third-order valence-electron chi connectivity index (χ3n) is 4.82. The first-order valence-electron chi connectivity index (χ1n) is 9.09. The maximum atomic E-state index is 12.6. The van der Waals surface area contributed by atoms with Gasteiger partial charge in [-0.1, -0.05) is 32.9 Å². The van der Waals surface area contributed by atoms with Gasteiger partial charge in [-0.25, -0.2) is 0 Å². The Labute approximate surface area is 163 Å². The summed E-state index contributed by atoms with van der Waals surface area (Å²) in [6, 6.07) is 8.15. The first-order valence-corrected chi connectivity index (χ1v) is 9.09. The molecule has 0 saturated carbocycles. The Morgan fingerprint density at radius 2 is 1.96 bits per heavy atom. The smallest absolute Gasteiger partial charge is 0.228 e. The second-order valence-corrected chi connectivity index (χ2v) is 7.85. The number of methoxy groups -OCH3 is 1. The number of amides is 1. The molecule has 26 heavy (non-hydrogen) atoms. The highest BCUT2D eigenvalue weighted by molar-refractivity contribution is 5.85. The fraction of sp³-hybridized carbons (Fsp3) is 0.650. The normalized spacial score (nSPS) is 16.5. The molecule has 1 aromatic rings. The van der Waals surface area contributed by atoms with Crippen molar-refractivity contribution in [2.24, 2.45) is 5.41 Å². The minimum Gasteiger partial charge on any atom is -0.492 e. The maximum absolute atomic E-state index is 12.6. The summed E-state index contributed by atoms with van der Waals surface area (Å²) < 4.78 is 11.1. The topological polar surface area (TPSA) is 59.6 Å². The van der Waals surface area contributed by atoms with E-state index >= 15 is 0 Å². The number of hydrogen-bond acceptors (Lipinski definition) is 4. The van der Waals surface area contributed by atoms with E-state index in [0.717, 1.165) is 31.7 Å². The lowest BCUT2D eigenvalue weighted by Gasteiger charge is -2.35. The Balaban J connectivity index is 0.00000338. The van der Waals surface area contributed by atoms with Crippen molar-refractivity contribution in [2.45, 2.75) is 39.0 Å². The zero-order valence-electron chi connectivity index (χ0n) is 16.4. The fourth-order valence-electron chi connectivity index (χ4n) is 3.19. The molecule has 1 aliphatic heterocycles. The molecule has 1 aromatic carbocycles. The van der Waals surface area contributed by atoms with Gasteiger partial charge in [-0.15, -0.1) is 12.4 Å². The summed E-state index contributed by atoms with van der Waals surface area (Å²) in [4.78, 5) is 12.6. The number of rotatable bonds is 7. The number of carbonyl (C=O) groups excluding carboxylic acids is 1. The van der Waals surface area contributed by atoms with Gasteiger partial charge in [0, 0.05) is 7.11 Å². The summed E-state index contributed by atoms with van der Waals surface area (Å²) in [6.07, 6.45) is 1.61. The van der Waals surface area contributed by atoms with Crippen LogP contribution in [-0.4, -0.2) is 45.9 Å². The Hall–Kier alpha value is -1.30. The van der Waals surface area contributed by atoms with Crippen molar-refractivity contribution in [1.29, 1.82) is 0 Å². The molecule has 6 heteroatoms. The molecule has 1 saturated heterocycles. The van der Waals surface area contributed by atoms with Crippen molar-refractivity contribution >= 4 is 18.3 Å². The monoisotopic (exact) mass is 384 g/mol. The zero-order chi connectivity index (χ0) is 18.3. The number of nitrogens with one attached hydrogen (secondary N) is 2. The Morgan fingerprint density at radius 1 is 1.27 bits per heavy atom. The van der Waals surface area contributed by atoms with Gasteiger partial charge in [0.25, 0.3) is 0 Å². The van der Waals surface area contributed by atoms with Crippen LogP contribution in [-0.2, 0) is 14.9 Å². The summed E-state index contributed by atoms with van der Waals surface area (Å²) in [5.41, 5.74) is 0.921. The summed E-state index contributed by atoms with van der Waals surface area (Å²) in [6.45, 7) is 9.68. The van der Waals surface area contributed by atoms with Gasteiger partial charge in [0.1, 0.15) is 12.4 Å². The molecular formula is C20H33ClN2O3. The molecule has 5 nitrogen and oxygen atoms in total. The van der Waals surface area contributed by atoms with Crippen LogP contribution in [0.4, 0.5) is 0 Å². The molecule has 0 atom stereocenters. The lowest BCUT2D eigenvalue weighted by molar-refractivity contribution is -0.136. The highest BCUT2D eigenvalue weighted by atomic mass is 35.5. The summed E-state index contributed by atoms with van der Waals surface area (Å²) >= 11 is 0. The first kappa shape index (κ1) is 22.7. The Kier molecular flexibility index (Phi) is 8.87. The number of benzene rings is 1. The largest absolute Gasteiger partial charge is 0.492 e. The fourth-order valence-corrected chi connectivity index (χ4v) is 3.19. The van der Waals surface area contributed by atoms with Crippen molar-refractivity contribution in [3.05, 3.63) is 29.8 Å². The SMILES string of the molecule is COCC1(C(=O)NCCOc2cccc(C(C)(C)C)c2)CCNCC1.Cl. The van der Waals surface area contributed by atoms with Gasteiger partial charge in [-0.05, 0) is 49.0 Å². The van der Waals surface area contributed by atoms with E-state index in [4.69, 9.17) is 9.47 Å². The average molecular weight is 385 g/mol. The van der Waals surface area contributed by atoms with E-state index in [1.165, 1.54) is 5.56 Å². The van der Waals surface area contributed by atoms with Gasteiger partial charge in [0.05, 0.1) is 18.6 Å². The second kappa shape index (κ2) is 10.1. The van der Waals surface area contributed by atoms with Gasteiger partial charge in [-0.3, -0.25) is 4.79 Å². The van der Waals surface area contributed by atoms with Gasteiger partial charge < -0.3 is 20.1 Å². The third-order valence-corrected chi connectivity index (χ3v) is 4.82. The molecule has 2 rings (SSSR count). The molecule has 0 radical (unpaired) electrons. The zero-order valence-corrected chi connectivity index (χ0v) is 17.2. The molecule has 148 valence electrons. The molecule has 0 unspecified atom stereocenters. The van der Waals surface area contributed by atoms with Crippen LogP contribution in [0, 0.1) is 5.41 Å². The van der Waals surface area contributed by atoms with E-state index in [-0.39, 0.29) is 23.7 Å². The van der Waals surface area contributed by atoms with Crippen molar-refractivity contribution < 1.29 is 14.3 Å². The molecule has 1 heterocycles. The highest BCUT2D eigenvalue weighted by Gasteiger charge is 2.39. The van der Waals surface area contributed by atoms with E-state index in [0.29, 0.717) is 19.8 Å². The highest BCUT2D eigenvalue weighted by Crippen LogP contribution is 2.29. The van der Waals surface area contributed by atoms with E-state index in [1.54, 1.807) is 7.11 Å². The van der Waals surface area contributed by atoms with Gasteiger partial charge in [0.15, 0.2) is 0 Å². The second-order valence-electron chi connectivity index (χ2n) is 7.85. The first-order chi connectivity index (χ1) is 11.9. The maximum Gasteiger partial charge on any atom is 0.228 e. The molecule has 1 fully saturated rings. The van der Waals surface area contributed by atoms with Crippen molar-refractivity contribution in [3.63, 3.8) is 0 Å². The average Bonchev–Trinajstić information content (AvgIpc) is 2.59. The molecule has 1 amide bonds. The molecular weight excluding hydrogens is 352 g/mol. The van der Waals surface area contributed by atoms with Gasteiger partial charge in [0.2, 0.25) is 5.91 Å². The third kappa shape index (κ3) is 6.15. The van der Waals surface area contributed by atoms with Crippen LogP contribution in [0.3, 0.4) is 0 Å². The van der Waals surface area contributed by atoms with E-state index < -0.39 is 5.41 Å². The number of carbonyl (C=O) groups is 1. The van der Waals surface area contributed by atoms with Crippen LogP contribution >= 0.6 is 12.4 Å². The Bertz CT molecular complexity index is 561. The lowest BCUT2D eigenvalue weighted by atomic mass is 9.78. The van der Waals surface area contributed by atoms with Crippen molar-refractivity contribution in [2.75, 3.05) is 40.0 Å². The van der Waals surface area contributed by atoms with Gasteiger partial charge in [-0.2, -0.15) is 0 Å². The van der Waals surface area contributed by atoms with Crippen LogP contribution in [0.2, 0.25) is 0 Å². The van der Waals surface area contributed by atoms with Crippen LogP contribution in [0.25, 0.3) is 0 Å². The van der Waals surface area contributed by atoms with Gasteiger partial charge >= 0.3 is 0 Å². The molecule has 0 bridgehead atoms. The van der Waals surface area contributed by atoms with Crippen LogP contribution in [0.15, 0.2) is 24.3 Å². The number of hydrogen-bond donors (Lipinski definition) is 2. The molecule has 0 aliphatic carbocycles. The standard InChI is InChI=1S/C20H32N2O3.ClH/c1-19(2,3)16-6-5-7-17(14-16)25-13-12-22-18(23)20(15-24-4)8-10-21-11-9-20;/h5-7,14,21H,8-13,15H2,1-4H3,(H,22,23);1H. The summed E-state index contributed by atoms with van der Waals surface area (Å²) in [5, 5.41) is 6.32. The number of piperidine rings is 1. The molecule has 2 N–H and O–H groups in total. The number of ether oxygens (including phenoxy) is 2. The molecule has 0 aromatic heterocycles. The lowest BCUT2D eigenvalue weighted by Crippen LogP contribution is -2.50. The van der Waals surface area contributed by atoms with Crippen LogP contribution < -0.4 is 15.4 Å². The minimum atomic E-state index is -0.411. The summed E-state index contributed by atoms with van der Waals surface area (Å²) in [5.74, 6) is 0.915. The quantitative estimate of drug-likeness (QED) is 0.709. The van der Waals surface area contributed by atoms with Crippen molar-refractivity contribution in [1.82, 2.24) is 10.6 Å². The van der Waals surface area contributed by atoms with Crippen LogP contribution in [0.1, 0.15) is 39.2 Å². The van der Waals surface area contributed by atoms with E-state index in [9.17, 15) is 4.79 Å². The molecule has 0 spiro atoms. The van der Waals surface area contributed by atoms with E-state index in [2.05, 4.69) is 43.5 Å². The van der Waals surface area contributed by atoms with E-state index in [1.807, 2.05) is 12.1 Å². The number of halogens is 1. The van der Waals surface area contributed by atoms with Crippen LogP contribution in [0.5, 0.6) is 5.75 Å². The predicted octanol–water partition coefficient (Wildman–Crippen LogP) is 2.92.